The SMILES string of the molecule is O=C(Nc1cccc(I)c1)c1n[nH]c2ccccc12. The van der Waals surface area contributed by atoms with Crippen molar-refractivity contribution in [2.75, 3.05) is 5.32 Å². The van der Waals surface area contributed by atoms with Gasteiger partial charge in [0, 0.05) is 14.6 Å². The van der Waals surface area contributed by atoms with Gasteiger partial charge in [0.2, 0.25) is 0 Å². The minimum absolute atomic E-state index is 0.209. The summed E-state index contributed by atoms with van der Waals surface area (Å²) >= 11 is 2.21. The van der Waals surface area contributed by atoms with E-state index in [4.69, 9.17) is 0 Å². The molecular formula is C14H10IN3O. The number of nitrogens with zero attached hydrogens (tertiary/aromatic N) is 1. The Labute approximate surface area is 123 Å². The number of H-pyrrole nitrogens is 1. The van der Waals surface area contributed by atoms with E-state index in [1.807, 2.05) is 48.5 Å². The summed E-state index contributed by atoms with van der Waals surface area (Å²) in [6.07, 6.45) is 0. The third kappa shape index (κ3) is 2.46. The number of hydrogen-bond donors (Lipinski definition) is 2. The highest BCUT2D eigenvalue weighted by Gasteiger charge is 2.13. The van der Waals surface area contributed by atoms with Crippen molar-refractivity contribution in [1.82, 2.24) is 10.2 Å². The number of benzene rings is 2. The van der Waals surface area contributed by atoms with Gasteiger partial charge in [0.25, 0.3) is 5.91 Å². The van der Waals surface area contributed by atoms with Crippen molar-refractivity contribution in [3.8, 4) is 0 Å². The molecule has 0 spiro atoms. The maximum absolute atomic E-state index is 12.2. The Morgan fingerprint density at radius 2 is 2.00 bits per heavy atom. The molecule has 1 aromatic heterocycles. The second kappa shape index (κ2) is 5.00. The van der Waals surface area contributed by atoms with Crippen molar-refractivity contribution in [3.63, 3.8) is 0 Å². The third-order valence-corrected chi connectivity index (χ3v) is 3.44. The number of nitrogens with one attached hydrogen (secondary N) is 2. The molecular weight excluding hydrogens is 353 g/mol. The molecule has 0 saturated carbocycles. The van der Waals surface area contributed by atoms with Gasteiger partial charge in [-0.15, -0.1) is 0 Å². The zero-order chi connectivity index (χ0) is 13.2. The lowest BCUT2D eigenvalue weighted by Gasteiger charge is -2.03. The van der Waals surface area contributed by atoms with E-state index in [-0.39, 0.29) is 5.91 Å². The molecule has 0 saturated heterocycles. The van der Waals surface area contributed by atoms with Crippen LogP contribution in [0.15, 0.2) is 48.5 Å². The molecule has 0 radical (unpaired) electrons. The van der Waals surface area contributed by atoms with Crippen LogP contribution in [0, 0.1) is 3.57 Å². The van der Waals surface area contributed by atoms with Crippen molar-refractivity contribution >= 4 is 45.1 Å². The van der Waals surface area contributed by atoms with Crippen molar-refractivity contribution in [2.24, 2.45) is 0 Å². The first-order valence-corrected chi connectivity index (χ1v) is 6.82. The van der Waals surface area contributed by atoms with Gasteiger partial charge >= 0.3 is 0 Å². The summed E-state index contributed by atoms with van der Waals surface area (Å²) in [5.74, 6) is -0.209. The molecule has 0 aliphatic rings. The Bertz CT molecular complexity index is 751. The fraction of sp³-hybridized carbons (Fsp3) is 0. The Balaban J connectivity index is 1.92. The largest absolute Gasteiger partial charge is 0.321 e. The molecule has 0 fully saturated rings. The lowest BCUT2D eigenvalue weighted by atomic mass is 10.2. The van der Waals surface area contributed by atoms with E-state index in [1.54, 1.807) is 0 Å². The number of fused-ring (bicyclic) bond motifs is 1. The fourth-order valence-electron chi connectivity index (χ4n) is 1.89. The Kier molecular flexibility index (Phi) is 3.20. The average Bonchev–Trinajstić information content (AvgIpc) is 2.82. The van der Waals surface area contributed by atoms with Gasteiger partial charge in [0.1, 0.15) is 0 Å². The van der Waals surface area contributed by atoms with Gasteiger partial charge in [0.15, 0.2) is 5.69 Å². The van der Waals surface area contributed by atoms with Crippen LogP contribution in [-0.2, 0) is 0 Å². The van der Waals surface area contributed by atoms with Gasteiger partial charge in [-0.2, -0.15) is 5.10 Å². The first kappa shape index (κ1) is 12.2. The van der Waals surface area contributed by atoms with Gasteiger partial charge < -0.3 is 5.32 Å². The van der Waals surface area contributed by atoms with Crippen molar-refractivity contribution in [3.05, 3.63) is 57.8 Å². The van der Waals surface area contributed by atoms with Crippen LogP contribution >= 0.6 is 22.6 Å². The van der Waals surface area contributed by atoms with Crippen LogP contribution in [-0.4, -0.2) is 16.1 Å². The second-order valence-corrected chi connectivity index (χ2v) is 5.33. The van der Waals surface area contributed by atoms with Crippen LogP contribution in [0.5, 0.6) is 0 Å². The zero-order valence-electron chi connectivity index (χ0n) is 9.85. The number of aromatic nitrogens is 2. The van der Waals surface area contributed by atoms with Crippen molar-refractivity contribution in [1.29, 1.82) is 0 Å². The van der Waals surface area contributed by atoms with E-state index in [2.05, 4.69) is 38.1 Å². The molecule has 0 aliphatic carbocycles. The first-order valence-electron chi connectivity index (χ1n) is 5.74. The molecule has 3 rings (SSSR count). The number of carbonyl (C=O) groups excluding carboxylic acids is 1. The summed E-state index contributed by atoms with van der Waals surface area (Å²) in [5, 5.41) is 10.6. The Morgan fingerprint density at radius 3 is 2.84 bits per heavy atom. The van der Waals surface area contributed by atoms with Crippen molar-refractivity contribution in [2.45, 2.75) is 0 Å². The highest BCUT2D eigenvalue weighted by molar-refractivity contribution is 14.1. The highest BCUT2D eigenvalue weighted by Crippen LogP contribution is 2.18. The predicted molar refractivity (Wildman–Crippen MR) is 83.2 cm³/mol. The maximum atomic E-state index is 12.2. The molecule has 1 amide bonds. The normalized spacial score (nSPS) is 10.6. The number of halogens is 1. The van der Waals surface area contributed by atoms with Crippen LogP contribution in [0.2, 0.25) is 0 Å². The van der Waals surface area contributed by atoms with E-state index < -0.39 is 0 Å². The monoisotopic (exact) mass is 363 g/mol. The summed E-state index contributed by atoms with van der Waals surface area (Å²) in [4.78, 5) is 12.2. The third-order valence-electron chi connectivity index (χ3n) is 2.77. The van der Waals surface area contributed by atoms with Crippen LogP contribution in [0.25, 0.3) is 10.9 Å². The topological polar surface area (TPSA) is 57.8 Å². The number of amides is 1. The molecule has 2 N–H and O–H groups in total. The summed E-state index contributed by atoms with van der Waals surface area (Å²) in [5.41, 5.74) is 2.04. The molecule has 2 aromatic carbocycles. The molecule has 3 aromatic rings. The van der Waals surface area contributed by atoms with Crippen LogP contribution in [0.1, 0.15) is 10.5 Å². The van der Waals surface area contributed by atoms with Gasteiger partial charge in [-0.1, -0.05) is 24.3 Å². The van der Waals surface area contributed by atoms with E-state index in [1.165, 1.54) is 0 Å². The standard InChI is InChI=1S/C14H10IN3O/c15-9-4-3-5-10(8-9)16-14(19)13-11-6-1-2-7-12(11)17-18-13/h1-8H,(H,16,19)(H,17,18). The fourth-order valence-corrected chi connectivity index (χ4v) is 2.44. The summed E-state index contributed by atoms with van der Waals surface area (Å²) in [7, 11) is 0. The lowest BCUT2D eigenvalue weighted by molar-refractivity contribution is 0.102. The molecule has 4 nitrogen and oxygen atoms in total. The average molecular weight is 363 g/mol. The number of anilines is 1. The van der Waals surface area contributed by atoms with E-state index in [9.17, 15) is 4.79 Å². The number of hydrogen-bond acceptors (Lipinski definition) is 2. The molecule has 0 atom stereocenters. The summed E-state index contributed by atoms with van der Waals surface area (Å²) in [6.45, 7) is 0. The van der Waals surface area contributed by atoms with Crippen LogP contribution in [0.4, 0.5) is 5.69 Å². The van der Waals surface area contributed by atoms with Gasteiger partial charge in [0.05, 0.1) is 5.52 Å². The molecule has 94 valence electrons. The smallest absolute Gasteiger partial charge is 0.276 e. The molecule has 0 aliphatic heterocycles. The van der Waals surface area contributed by atoms with Crippen molar-refractivity contribution < 1.29 is 4.79 Å². The quantitative estimate of drug-likeness (QED) is 0.686. The Morgan fingerprint density at radius 1 is 1.16 bits per heavy atom. The molecule has 0 unspecified atom stereocenters. The van der Waals surface area contributed by atoms with Gasteiger partial charge in [-0.3, -0.25) is 9.89 Å². The van der Waals surface area contributed by atoms with E-state index in [0.29, 0.717) is 5.69 Å². The van der Waals surface area contributed by atoms with E-state index in [0.717, 1.165) is 20.2 Å². The Hall–Kier alpha value is -1.89. The summed E-state index contributed by atoms with van der Waals surface area (Å²) in [6, 6.07) is 15.2. The second-order valence-electron chi connectivity index (χ2n) is 4.08. The van der Waals surface area contributed by atoms with E-state index >= 15 is 0 Å². The summed E-state index contributed by atoms with van der Waals surface area (Å²) < 4.78 is 1.07. The number of para-hydroxylation sites is 1. The molecule has 19 heavy (non-hydrogen) atoms. The lowest BCUT2D eigenvalue weighted by Crippen LogP contribution is -2.12. The minimum atomic E-state index is -0.209. The number of carbonyl (C=O) groups is 1. The zero-order valence-corrected chi connectivity index (χ0v) is 12.0. The minimum Gasteiger partial charge on any atom is -0.321 e. The first-order chi connectivity index (χ1) is 9.24. The van der Waals surface area contributed by atoms with Crippen LogP contribution in [0.3, 0.4) is 0 Å². The van der Waals surface area contributed by atoms with Gasteiger partial charge in [-0.05, 0) is 46.9 Å². The predicted octanol–water partition coefficient (Wildman–Crippen LogP) is 3.42. The highest BCUT2D eigenvalue weighted by atomic mass is 127. The van der Waals surface area contributed by atoms with Gasteiger partial charge in [-0.25, -0.2) is 0 Å². The number of aromatic amines is 1. The molecule has 0 bridgehead atoms. The molecule has 5 heteroatoms. The van der Waals surface area contributed by atoms with Crippen LogP contribution < -0.4 is 5.32 Å². The molecule has 1 heterocycles. The maximum Gasteiger partial charge on any atom is 0.276 e. The number of rotatable bonds is 2.